The van der Waals surface area contributed by atoms with Gasteiger partial charge < -0.3 is 14.8 Å². The van der Waals surface area contributed by atoms with E-state index < -0.39 is 5.91 Å². The Bertz CT molecular complexity index is 1010. The lowest BCUT2D eigenvalue weighted by molar-refractivity contribution is -0.112. The van der Waals surface area contributed by atoms with Crippen LogP contribution in [0.3, 0.4) is 0 Å². The van der Waals surface area contributed by atoms with Gasteiger partial charge in [0.15, 0.2) is 11.5 Å². The fourth-order valence-corrected chi connectivity index (χ4v) is 3.23. The number of nitrogens with one attached hydrogen (secondary N) is 1. The van der Waals surface area contributed by atoms with Crippen LogP contribution in [0.2, 0.25) is 0 Å². The zero-order valence-corrected chi connectivity index (χ0v) is 18.0. The molecule has 0 saturated heterocycles. The Balaban J connectivity index is 2.34. The maximum Gasteiger partial charge on any atom is 0.266 e. The smallest absolute Gasteiger partial charge is 0.266 e. The summed E-state index contributed by atoms with van der Waals surface area (Å²) < 4.78 is 11.6. The van der Waals surface area contributed by atoms with Crippen molar-refractivity contribution in [2.45, 2.75) is 13.8 Å². The molecule has 142 valence electrons. The summed E-state index contributed by atoms with van der Waals surface area (Å²) in [5, 5.41) is 12.3. The first-order valence-corrected chi connectivity index (χ1v) is 9.41. The van der Waals surface area contributed by atoms with Gasteiger partial charge in [0, 0.05) is 5.69 Å². The Hall–Kier alpha value is -2.97. The second-order valence-corrected chi connectivity index (χ2v) is 7.13. The molecular weight excluding hydrogens is 467 g/mol. The highest BCUT2D eigenvalue weighted by Gasteiger charge is 2.14. The summed E-state index contributed by atoms with van der Waals surface area (Å²) in [6.45, 7) is 3.95. The van der Waals surface area contributed by atoms with Crippen LogP contribution in [0, 0.1) is 41.1 Å². The molecule has 0 aliphatic rings. The van der Waals surface area contributed by atoms with Crippen molar-refractivity contribution in [3.63, 3.8) is 0 Å². The second-order valence-electron chi connectivity index (χ2n) is 5.97. The summed E-state index contributed by atoms with van der Waals surface area (Å²) in [6, 6.07) is 11.2. The number of hydrogen-bond acceptors (Lipinski definition) is 4. The van der Waals surface area contributed by atoms with Crippen molar-refractivity contribution in [1.29, 1.82) is 5.26 Å². The number of hydrogen-bond donors (Lipinski definition) is 1. The van der Waals surface area contributed by atoms with Gasteiger partial charge in [0.25, 0.3) is 5.91 Å². The molecule has 6 heteroatoms. The van der Waals surface area contributed by atoms with E-state index in [9.17, 15) is 10.1 Å². The third-order valence-electron chi connectivity index (χ3n) is 3.87. The lowest BCUT2D eigenvalue weighted by Gasteiger charge is -2.12. The van der Waals surface area contributed by atoms with Gasteiger partial charge >= 0.3 is 0 Å². The summed E-state index contributed by atoms with van der Waals surface area (Å²) in [5.74, 6) is 2.93. The molecule has 28 heavy (non-hydrogen) atoms. The van der Waals surface area contributed by atoms with E-state index in [1.54, 1.807) is 12.1 Å². The summed E-state index contributed by atoms with van der Waals surface area (Å²) in [5.41, 5.74) is 3.24. The van der Waals surface area contributed by atoms with Gasteiger partial charge in [-0.25, -0.2) is 0 Å². The van der Waals surface area contributed by atoms with E-state index in [-0.39, 0.29) is 12.2 Å². The number of nitrogens with zero attached hydrogens (tertiary/aromatic N) is 1. The van der Waals surface area contributed by atoms with Gasteiger partial charge in [-0.2, -0.15) is 5.26 Å². The number of terminal acetylenes is 1. The molecule has 0 spiro atoms. The number of benzene rings is 2. The lowest BCUT2D eigenvalue weighted by Crippen LogP contribution is -2.14. The average molecular weight is 486 g/mol. The molecule has 0 fully saturated rings. The minimum Gasteiger partial charge on any atom is -0.493 e. The Morgan fingerprint density at radius 2 is 2.07 bits per heavy atom. The molecule has 0 heterocycles. The second kappa shape index (κ2) is 9.82. The summed E-state index contributed by atoms with van der Waals surface area (Å²) in [6.07, 6.45) is 6.75. The van der Waals surface area contributed by atoms with Crippen molar-refractivity contribution in [2.75, 3.05) is 19.0 Å². The molecule has 0 unspecified atom stereocenters. The van der Waals surface area contributed by atoms with Crippen molar-refractivity contribution in [3.05, 3.63) is 56.2 Å². The van der Waals surface area contributed by atoms with E-state index in [1.165, 1.54) is 13.2 Å². The molecule has 2 aromatic carbocycles. The molecule has 2 rings (SSSR count). The Labute approximate surface area is 178 Å². The molecule has 0 aliphatic heterocycles. The normalized spacial score (nSPS) is 10.6. The van der Waals surface area contributed by atoms with Gasteiger partial charge in [0.1, 0.15) is 18.2 Å². The van der Waals surface area contributed by atoms with Crippen LogP contribution >= 0.6 is 22.6 Å². The highest BCUT2D eigenvalue weighted by molar-refractivity contribution is 14.1. The van der Waals surface area contributed by atoms with Gasteiger partial charge in [-0.3, -0.25) is 4.79 Å². The third-order valence-corrected chi connectivity index (χ3v) is 4.67. The summed E-state index contributed by atoms with van der Waals surface area (Å²) in [7, 11) is 1.51. The number of anilines is 1. The van der Waals surface area contributed by atoms with Crippen LogP contribution in [0.4, 0.5) is 5.69 Å². The van der Waals surface area contributed by atoms with Crippen molar-refractivity contribution in [3.8, 4) is 29.9 Å². The molecule has 2 aromatic rings. The van der Waals surface area contributed by atoms with Crippen LogP contribution in [0.5, 0.6) is 11.5 Å². The van der Waals surface area contributed by atoms with E-state index in [0.717, 1.165) is 14.7 Å². The van der Waals surface area contributed by atoms with E-state index in [2.05, 4.69) is 33.8 Å². The van der Waals surface area contributed by atoms with E-state index in [1.807, 2.05) is 38.1 Å². The van der Waals surface area contributed by atoms with E-state index in [0.29, 0.717) is 22.7 Å². The van der Waals surface area contributed by atoms with Crippen molar-refractivity contribution < 1.29 is 14.3 Å². The molecular formula is C22H19IN2O3. The maximum absolute atomic E-state index is 12.6. The number of carbonyl (C=O) groups excluding carboxylic acids is 1. The molecule has 0 radical (unpaired) electrons. The topological polar surface area (TPSA) is 71.3 Å². The number of ether oxygens (including phenoxy) is 2. The first-order valence-electron chi connectivity index (χ1n) is 8.33. The zero-order chi connectivity index (χ0) is 20.7. The largest absolute Gasteiger partial charge is 0.493 e. The zero-order valence-electron chi connectivity index (χ0n) is 15.8. The van der Waals surface area contributed by atoms with Gasteiger partial charge in [0.05, 0.1) is 10.7 Å². The Morgan fingerprint density at radius 1 is 1.32 bits per heavy atom. The van der Waals surface area contributed by atoms with Gasteiger partial charge in [-0.15, -0.1) is 6.42 Å². The van der Waals surface area contributed by atoms with Crippen LogP contribution in [0.1, 0.15) is 16.7 Å². The quantitative estimate of drug-likeness (QED) is 0.283. The number of halogens is 1. The van der Waals surface area contributed by atoms with Crippen molar-refractivity contribution in [1.82, 2.24) is 0 Å². The standard InChI is InChI=1S/C22H19IN2O3/c1-5-8-28-21-18(23)11-16(12-20(21)27-4)10-17(13-24)22(26)25-19-9-14(2)6-7-15(19)3/h1,6-7,9-12H,8H2,2-4H3,(H,25,26)/b17-10+. The van der Waals surface area contributed by atoms with Crippen LogP contribution in [0.15, 0.2) is 35.9 Å². The van der Waals surface area contributed by atoms with Gasteiger partial charge in [-0.05, 0) is 77.4 Å². The lowest BCUT2D eigenvalue weighted by atomic mass is 10.1. The predicted molar refractivity (Wildman–Crippen MR) is 118 cm³/mol. The molecule has 0 bridgehead atoms. The number of aryl methyl sites for hydroxylation is 2. The summed E-state index contributed by atoms with van der Waals surface area (Å²) >= 11 is 2.09. The predicted octanol–water partition coefficient (Wildman–Crippen LogP) is 4.47. The van der Waals surface area contributed by atoms with E-state index in [4.69, 9.17) is 15.9 Å². The average Bonchev–Trinajstić information content (AvgIpc) is 2.67. The highest BCUT2D eigenvalue weighted by atomic mass is 127. The maximum atomic E-state index is 12.6. The Morgan fingerprint density at radius 3 is 2.71 bits per heavy atom. The fraction of sp³-hybridized carbons (Fsp3) is 0.182. The number of rotatable bonds is 6. The van der Waals surface area contributed by atoms with Crippen molar-refractivity contribution in [2.24, 2.45) is 0 Å². The number of amides is 1. The minimum absolute atomic E-state index is 0.0175. The van der Waals surface area contributed by atoms with Crippen LogP contribution in [-0.2, 0) is 4.79 Å². The van der Waals surface area contributed by atoms with Gasteiger partial charge in [-0.1, -0.05) is 18.1 Å². The number of nitriles is 1. The molecule has 5 nitrogen and oxygen atoms in total. The van der Waals surface area contributed by atoms with Crippen molar-refractivity contribution >= 4 is 40.3 Å². The minimum atomic E-state index is -0.474. The van der Waals surface area contributed by atoms with Crippen LogP contribution in [-0.4, -0.2) is 19.6 Å². The molecule has 1 amide bonds. The Kier molecular flexibility index (Phi) is 7.48. The molecule has 0 saturated carbocycles. The molecule has 0 aromatic heterocycles. The SMILES string of the molecule is C#CCOc1c(I)cc(/C=C(\C#N)C(=O)Nc2cc(C)ccc2C)cc1OC. The van der Waals surface area contributed by atoms with Gasteiger partial charge in [0.2, 0.25) is 0 Å². The highest BCUT2D eigenvalue weighted by Crippen LogP contribution is 2.34. The summed E-state index contributed by atoms with van der Waals surface area (Å²) in [4.78, 5) is 12.6. The first-order chi connectivity index (χ1) is 13.4. The number of carbonyl (C=O) groups is 1. The first kappa shape index (κ1) is 21.3. The van der Waals surface area contributed by atoms with E-state index >= 15 is 0 Å². The molecule has 0 aliphatic carbocycles. The van der Waals surface area contributed by atoms with Crippen LogP contribution in [0.25, 0.3) is 6.08 Å². The monoisotopic (exact) mass is 486 g/mol. The molecule has 1 N–H and O–H groups in total. The fourth-order valence-electron chi connectivity index (χ4n) is 2.45. The third kappa shape index (κ3) is 5.28. The van der Waals surface area contributed by atoms with Crippen LogP contribution < -0.4 is 14.8 Å². The molecule has 0 atom stereocenters. The number of methoxy groups -OCH3 is 1.